The summed E-state index contributed by atoms with van der Waals surface area (Å²) in [4.78, 5) is 0.683. The molecule has 2 aromatic carbocycles. The lowest BCUT2D eigenvalue weighted by molar-refractivity contribution is 0.414. The number of ether oxygens (including phenoxy) is 1. The van der Waals surface area contributed by atoms with Gasteiger partial charge in [-0.25, -0.2) is 4.39 Å². The van der Waals surface area contributed by atoms with Gasteiger partial charge in [0.05, 0.1) is 7.11 Å². The fourth-order valence-corrected chi connectivity index (χ4v) is 3.21. The number of hydrogen-bond donors (Lipinski definition) is 1. The first-order valence-electron chi connectivity index (χ1n) is 7.58. The molecule has 0 saturated carbocycles. The summed E-state index contributed by atoms with van der Waals surface area (Å²) in [6.07, 6.45) is 0.605. The molecule has 25 heavy (non-hydrogen) atoms. The Kier molecular flexibility index (Phi) is 4.02. The van der Waals surface area contributed by atoms with Crippen molar-refractivity contribution in [3.8, 4) is 5.75 Å². The number of hydrogen-bond acceptors (Lipinski definition) is 6. The number of nitrogens with zero attached hydrogens (tertiary/aromatic N) is 4. The SMILES string of the molecule is COc1ccc(Cc2nnc3sc(Nc4cccc(F)c4)nn23)cc1. The van der Waals surface area contributed by atoms with Gasteiger partial charge >= 0.3 is 0 Å². The van der Waals surface area contributed by atoms with Crippen molar-refractivity contribution in [2.24, 2.45) is 0 Å². The molecule has 6 nitrogen and oxygen atoms in total. The minimum atomic E-state index is -0.298. The first-order valence-corrected chi connectivity index (χ1v) is 8.39. The van der Waals surface area contributed by atoms with Crippen LogP contribution in [0, 0.1) is 5.82 Å². The molecule has 0 spiro atoms. The van der Waals surface area contributed by atoms with E-state index in [1.165, 1.54) is 23.5 Å². The average Bonchev–Trinajstić information content (AvgIpc) is 3.17. The van der Waals surface area contributed by atoms with Crippen molar-refractivity contribution < 1.29 is 9.13 Å². The maximum Gasteiger partial charge on any atom is 0.236 e. The maximum atomic E-state index is 13.3. The number of rotatable bonds is 5. The quantitative estimate of drug-likeness (QED) is 0.592. The van der Waals surface area contributed by atoms with Crippen molar-refractivity contribution in [1.29, 1.82) is 0 Å². The second kappa shape index (κ2) is 6.48. The first-order chi connectivity index (χ1) is 12.2. The zero-order chi connectivity index (χ0) is 17.2. The van der Waals surface area contributed by atoms with Gasteiger partial charge in [0.25, 0.3) is 0 Å². The Morgan fingerprint density at radius 1 is 1.16 bits per heavy atom. The molecule has 1 N–H and O–H groups in total. The van der Waals surface area contributed by atoms with E-state index in [1.54, 1.807) is 23.8 Å². The third-order valence-electron chi connectivity index (χ3n) is 3.65. The molecule has 4 rings (SSSR count). The van der Waals surface area contributed by atoms with Gasteiger partial charge in [-0.15, -0.1) is 15.3 Å². The molecule has 0 amide bonds. The molecule has 0 unspecified atom stereocenters. The average molecular weight is 355 g/mol. The Bertz CT molecular complexity index is 1010. The number of nitrogens with one attached hydrogen (secondary N) is 1. The fourth-order valence-electron chi connectivity index (χ4n) is 2.43. The number of halogens is 1. The minimum absolute atomic E-state index is 0.298. The summed E-state index contributed by atoms with van der Waals surface area (Å²) in [5, 5.41) is 16.6. The topological polar surface area (TPSA) is 64.3 Å². The Morgan fingerprint density at radius 3 is 2.76 bits per heavy atom. The lowest BCUT2D eigenvalue weighted by atomic mass is 10.1. The van der Waals surface area contributed by atoms with Crippen LogP contribution in [-0.2, 0) is 6.42 Å². The van der Waals surface area contributed by atoms with Crippen LogP contribution < -0.4 is 10.1 Å². The third-order valence-corrected chi connectivity index (χ3v) is 4.47. The van der Waals surface area contributed by atoms with Gasteiger partial charge in [-0.05, 0) is 35.9 Å². The highest BCUT2D eigenvalue weighted by Gasteiger charge is 2.12. The number of anilines is 2. The number of benzene rings is 2. The summed E-state index contributed by atoms with van der Waals surface area (Å²) >= 11 is 1.36. The fraction of sp³-hybridized carbons (Fsp3) is 0.118. The Balaban J connectivity index is 1.57. The molecular formula is C17H14FN5OS. The molecule has 0 fully saturated rings. The summed E-state index contributed by atoms with van der Waals surface area (Å²) in [6.45, 7) is 0. The second-order valence-corrected chi connectivity index (χ2v) is 6.33. The largest absolute Gasteiger partial charge is 0.497 e. The van der Waals surface area contributed by atoms with Crippen LogP contribution in [0.3, 0.4) is 0 Å². The molecule has 0 aliphatic heterocycles. The highest BCUT2D eigenvalue weighted by atomic mass is 32.1. The van der Waals surface area contributed by atoms with Gasteiger partial charge in [-0.2, -0.15) is 4.52 Å². The molecule has 0 bridgehead atoms. The van der Waals surface area contributed by atoms with Crippen molar-refractivity contribution in [2.75, 3.05) is 12.4 Å². The molecule has 0 atom stereocenters. The van der Waals surface area contributed by atoms with E-state index in [0.717, 1.165) is 17.1 Å². The monoisotopic (exact) mass is 355 g/mol. The normalized spacial score (nSPS) is 11.0. The lowest BCUT2D eigenvalue weighted by Crippen LogP contribution is -1.99. The van der Waals surface area contributed by atoms with E-state index in [9.17, 15) is 4.39 Å². The van der Waals surface area contributed by atoms with Crippen LogP contribution in [0.5, 0.6) is 5.75 Å². The maximum absolute atomic E-state index is 13.3. The first kappa shape index (κ1) is 15.5. The summed E-state index contributed by atoms with van der Waals surface area (Å²) in [7, 11) is 1.64. The molecule has 0 aliphatic rings. The molecule has 2 aromatic heterocycles. The van der Waals surface area contributed by atoms with Crippen LogP contribution >= 0.6 is 11.3 Å². The highest BCUT2D eigenvalue weighted by Crippen LogP contribution is 2.24. The van der Waals surface area contributed by atoms with E-state index in [1.807, 2.05) is 24.3 Å². The van der Waals surface area contributed by atoms with Crippen LogP contribution in [-0.4, -0.2) is 26.9 Å². The van der Waals surface area contributed by atoms with Crippen LogP contribution in [0.15, 0.2) is 48.5 Å². The Labute approximate surface area is 146 Å². The molecule has 0 radical (unpaired) electrons. The zero-order valence-electron chi connectivity index (χ0n) is 13.3. The number of methoxy groups -OCH3 is 1. The zero-order valence-corrected chi connectivity index (χ0v) is 14.1. The molecule has 0 aliphatic carbocycles. The number of fused-ring (bicyclic) bond motifs is 1. The van der Waals surface area contributed by atoms with Gasteiger partial charge in [-0.3, -0.25) is 0 Å². The molecule has 126 valence electrons. The molecule has 8 heteroatoms. The summed E-state index contributed by atoms with van der Waals surface area (Å²) in [6, 6.07) is 14.0. The minimum Gasteiger partial charge on any atom is -0.497 e. The highest BCUT2D eigenvalue weighted by molar-refractivity contribution is 7.20. The van der Waals surface area contributed by atoms with E-state index < -0.39 is 0 Å². The molecule has 0 saturated heterocycles. The van der Waals surface area contributed by atoms with E-state index in [2.05, 4.69) is 20.6 Å². The van der Waals surface area contributed by atoms with Gasteiger partial charge in [-0.1, -0.05) is 29.5 Å². The van der Waals surface area contributed by atoms with Crippen molar-refractivity contribution in [2.45, 2.75) is 6.42 Å². The van der Waals surface area contributed by atoms with Gasteiger partial charge in [0.1, 0.15) is 11.6 Å². The van der Waals surface area contributed by atoms with Crippen LogP contribution in [0.2, 0.25) is 0 Å². The van der Waals surface area contributed by atoms with Crippen molar-refractivity contribution in [1.82, 2.24) is 19.8 Å². The molecule has 4 aromatic rings. The van der Waals surface area contributed by atoms with Crippen LogP contribution in [0.1, 0.15) is 11.4 Å². The Morgan fingerprint density at radius 2 is 2.00 bits per heavy atom. The molecular weight excluding hydrogens is 341 g/mol. The second-order valence-electron chi connectivity index (χ2n) is 5.38. The molecule has 2 heterocycles. The van der Waals surface area contributed by atoms with Crippen LogP contribution in [0.25, 0.3) is 4.96 Å². The van der Waals surface area contributed by atoms with Crippen molar-refractivity contribution in [3.63, 3.8) is 0 Å². The van der Waals surface area contributed by atoms with Crippen molar-refractivity contribution in [3.05, 3.63) is 65.7 Å². The summed E-state index contributed by atoms with van der Waals surface area (Å²) in [5.74, 6) is 1.25. The van der Waals surface area contributed by atoms with Gasteiger partial charge in [0, 0.05) is 12.1 Å². The number of aromatic nitrogens is 4. The lowest BCUT2D eigenvalue weighted by Gasteiger charge is -2.02. The van der Waals surface area contributed by atoms with Crippen molar-refractivity contribution >= 4 is 27.1 Å². The predicted molar refractivity (Wildman–Crippen MR) is 94.1 cm³/mol. The summed E-state index contributed by atoms with van der Waals surface area (Å²) in [5.41, 5.74) is 1.73. The van der Waals surface area contributed by atoms with Gasteiger partial charge in [0.15, 0.2) is 5.82 Å². The standard InChI is InChI=1S/C17H14FN5OS/c1-24-14-7-5-11(6-8-14)9-15-20-21-17-23(15)22-16(25-17)19-13-4-2-3-12(18)10-13/h2-8,10H,9H2,1H3,(H,19,22). The van der Waals surface area contributed by atoms with Gasteiger partial charge < -0.3 is 10.1 Å². The van der Waals surface area contributed by atoms with E-state index in [-0.39, 0.29) is 5.82 Å². The van der Waals surface area contributed by atoms with E-state index in [0.29, 0.717) is 22.2 Å². The smallest absolute Gasteiger partial charge is 0.236 e. The summed E-state index contributed by atoms with van der Waals surface area (Å²) < 4.78 is 20.2. The van der Waals surface area contributed by atoms with Gasteiger partial charge in [0.2, 0.25) is 10.1 Å². The van der Waals surface area contributed by atoms with E-state index >= 15 is 0 Å². The predicted octanol–water partition coefficient (Wildman–Crippen LogP) is 3.67. The Hall–Kier alpha value is -3.00. The van der Waals surface area contributed by atoms with E-state index in [4.69, 9.17) is 4.74 Å². The van der Waals surface area contributed by atoms with Crippen LogP contribution in [0.4, 0.5) is 15.2 Å². The third kappa shape index (κ3) is 3.29.